The molecule has 0 radical (unpaired) electrons. The largest absolute Gasteiger partial charge is 0.383 e. The molecule has 3 N–H and O–H groups in total. The Bertz CT molecular complexity index is 1070. The number of piperidine rings is 1. The molecule has 4 rings (SSSR count). The zero-order valence-corrected chi connectivity index (χ0v) is 18.4. The van der Waals surface area contributed by atoms with Crippen LogP contribution < -0.4 is 11.1 Å². The van der Waals surface area contributed by atoms with Gasteiger partial charge in [-0.2, -0.15) is 0 Å². The maximum Gasteiger partial charge on any atom is 0.166 e. The van der Waals surface area contributed by atoms with Gasteiger partial charge in [0, 0.05) is 37.3 Å². The zero-order chi connectivity index (χ0) is 21.6. The van der Waals surface area contributed by atoms with Gasteiger partial charge in [0.15, 0.2) is 5.78 Å². The molecule has 2 aromatic heterocycles. The van der Waals surface area contributed by atoms with Gasteiger partial charge in [-0.1, -0.05) is 36.2 Å². The number of benzene rings is 1. The van der Waals surface area contributed by atoms with Crippen molar-refractivity contribution in [1.82, 2.24) is 14.9 Å². The van der Waals surface area contributed by atoms with Crippen LogP contribution in [0.5, 0.6) is 0 Å². The number of anilines is 2. The van der Waals surface area contributed by atoms with Crippen molar-refractivity contribution >= 4 is 39.8 Å². The van der Waals surface area contributed by atoms with E-state index in [-0.39, 0.29) is 5.78 Å². The third kappa shape index (κ3) is 5.51. The van der Waals surface area contributed by atoms with Crippen LogP contribution >= 0.6 is 11.6 Å². The molecule has 1 aliphatic rings. The topological polar surface area (TPSA) is 84.1 Å². The highest BCUT2D eigenvalue weighted by Gasteiger charge is 2.15. The lowest BCUT2D eigenvalue weighted by atomic mass is 10.0. The van der Waals surface area contributed by atoms with Crippen molar-refractivity contribution < 1.29 is 4.79 Å². The number of hydrogen-bond donors (Lipinski definition) is 2. The Morgan fingerprint density at radius 2 is 1.97 bits per heavy atom. The summed E-state index contributed by atoms with van der Waals surface area (Å²) in [6, 6.07) is 9.68. The number of aryl methyl sites for hydroxylation is 1. The van der Waals surface area contributed by atoms with Gasteiger partial charge < -0.3 is 16.0 Å². The lowest BCUT2D eigenvalue weighted by Crippen LogP contribution is -2.34. The normalized spacial score (nSPS) is 14.6. The molecule has 7 heteroatoms. The third-order valence-electron chi connectivity index (χ3n) is 5.82. The Kier molecular flexibility index (Phi) is 6.99. The Morgan fingerprint density at radius 1 is 1.13 bits per heavy atom. The van der Waals surface area contributed by atoms with Crippen LogP contribution in [0.25, 0.3) is 10.8 Å². The first-order chi connectivity index (χ1) is 15.1. The van der Waals surface area contributed by atoms with Crippen LogP contribution in [0.1, 0.15) is 41.6 Å². The van der Waals surface area contributed by atoms with E-state index < -0.39 is 0 Å². The van der Waals surface area contributed by atoms with E-state index in [1.807, 2.05) is 18.2 Å². The third-order valence-corrected chi connectivity index (χ3v) is 6.03. The summed E-state index contributed by atoms with van der Waals surface area (Å²) < 4.78 is 0. The number of nitrogens with one attached hydrogen (secondary N) is 1. The van der Waals surface area contributed by atoms with Gasteiger partial charge in [0.05, 0.1) is 10.6 Å². The average molecular weight is 438 g/mol. The predicted octanol–water partition coefficient (Wildman–Crippen LogP) is 4.58. The zero-order valence-electron chi connectivity index (χ0n) is 17.6. The van der Waals surface area contributed by atoms with E-state index in [4.69, 9.17) is 17.3 Å². The summed E-state index contributed by atoms with van der Waals surface area (Å²) in [4.78, 5) is 24.0. The summed E-state index contributed by atoms with van der Waals surface area (Å²) in [5.74, 6) is 1.17. The molecule has 0 saturated carbocycles. The van der Waals surface area contributed by atoms with Gasteiger partial charge >= 0.3 is 0 Å². The fraction of sp³-hybridized carbons (Fsp3) is 0.375. The molecule has 1 aliphatic heterocycles. The molecule has 0 spiro atoms. The summed E-state index contributed by atoms with van der Waals surface area (Å²) in [5, 5.41) is 5.77. The summed E-state index contributed by atoms with van der Waals surface area (Å²) in [6.45, 7) is 4.01. The highest BCUT2D eigenvalue weighted by atomic mass is 35.5. The van der Waals surface area contributed by atoms with Crippen LogP contribution in [0, 0.1) is 0 Å². The standard InChI is InChI=1S/C24H28ClN5O/c25-19-15-21(24(29-16-19)28-10-13-30-11-2-1-3-12-30)22(31)7-5-17-4-6-20-18(14-17)8-9-27-23(20)26/h4,6,8-9,14-16H,1-3,5,7,10-13H2,(H2,26,27)(H,28,29). The van der Waals surface area contributed by atoms with Crippen LogP contribution in [0.3, 0.4) is 0 Å². The number of nitrogens with two attached hydrogens (primary N) is 1. The van der Waals surface area contributed by atoms with Gasteiger partial charge in [-0.05, 0) is 55.4 Å². The number of fused-ring (bicyclic) bond motifs is 1. The van der Waals surface area contributed by atoms with Crippen LogP contribution in [0.15, 0.2) is 42.7 Å². The minimum atomic E-state index is 0.0322. The van der Waals surface area contributed by atoms with Crippen molar-refractivity contribution in [1.29, 1.82) is 0 Å². The Balaban J connectivity index is 1.40. The number of nitrogen functional groups attached to an aromatic ring is 1. The molecule has 1 saturated heterocycles. The van der Waals surface area contributed by atoms with E-state index >= 15 is 0 Å². The quantitative estimate of drug-likeness (QED) is 0.502. The number of likely N-dealkylation sites (tertiary alicyclic amines) is 1. The Hall–Kier alpha value is -2.70. The molecule has 6 nitrogen and oxygen atoms in total. The van der Waals surface area contributed by atoms with Crippen molar-refractivity contribution in [3.8, 4) is 0 Å². The van der Waals surface area contributed by atoms with Gasteiger partial charge in [0.1, 0.15) is 11.6 Å². The maximum atomic E-state index is 13.0. The van der Waals surface area contributed by atoms with Crippen LogP contribution in [-0.2, 0) is 6.42 Å². The molecular formula is C24H28ClN5O. The van der Waals surface area contributed by atoms with E-state index in [1.165, 1.54) is 19.3 Å². The van der Waals surface area contributed by atoms with Crippen molar-refractivity contribution in [3.05, 3.63) is 58.9 Å². The number of hydrogen-bond acceptors (Lipinski definition) is 6. The minimum Gasteiger partial charge on any atom is -0.383 e. The first kappa shape index (κ1) is 21.5. The predicted molar refractivity (Wildman–Crippen MR) is 127 cm³/mol. The minimum absolute atomic E-state index is 0.0322. The summed E-state index contributed by atoms with van der Waals surface area (Å²) in [6.07, 6.45) is 8.16. The molecule has 0 amide bonds. The molecule has 0 atom stereocenters. The van der Waals surface area contributed by atoms with Crippen molar-refractivity contribution in [3.63, 3.8) is 0 Å². The van der Waals surface area contributed by atoms with Gasteiger partial charge in [-0.25, -0.2) is 9.97 Å². The van der Waals surface area contributed by atoms with Crippen LogP contribution in [-0.4, -0.2) is 46.8 Å². The van der Waals surface area contributed by atoms with Gasteiger partial charge in [-0.15, -0.1) is 0 Å². The SMILES string of the molecule is Nc1nccc2cc(CCC(=O)c3cc(Cl)cnc3NCCN3CCCCC3)ccc12. The molecule has 0 aliphatic carbocycles. The fourth-order valence-electron chi connectivity index (χ4n) is 4.11. The molecule has 162 valence electrons. The van der Waals surface area contributed by atoms with E-state index in [0.717, 1.165) is 42.5 Å². The Labute approximate surface area is 187 Å². The molecule has 0 unspecified atom stereocenters. The molecule has 1 fully saturated rings. The number of carbonyl (C=O) groups excluding carboxylic acids is 1. The number of rotatable bonds is 8. The number of halogens is 1. The van der Waals surface area contributed by atoms with Gasteiger partial charge in [0.25, 0.3) is 0 Å². The van der Waals surface area contributed by atoms with Gasteiger partial charge in [0.2, 0.25) is 0 Å². The number of ketones is 1. The maximum absolute atomic E-state index is 13.0. The second kappa shape index (κ2) is 10.1. The lowest BCUT2D eigenvalue weighted by Gasteiger charge is -2.26. The second-order valence-corrected chi connectivity index (χ2v) is 8.49. The lowest BCUT2D eigenvalue weighted by molar-refractivity contribution is 0.0983. The number of nitrogens with zero attached hydrogens (tertiary/aromatic N) is 3. The average Bonchev–Trinajstić information content (AvgIpc) is 2.79. The Morgan fingerprint density at radius 3 is 2.81 bits per heavy atom. The highest BCUT2D eigenvalue weighted by molar-refractivity contribution is 6.31. The van der Waals surface area contributed by atoms with Crippen molar-refractivity contribution in [2.24, 2.45) is 0 Å². The highest BCUT2D eigenvalue weighted by Crippen LogP contribution is 2.23. The monoisotopic (exact) mass is 437 g/mol. The van der Waals surface area contributed by atoms with Crippen molar-refractivity contribution in [2.75, 3.05) is 37.2 Å². The molecule has 31 heavy (non-hydrogen) atoms. The smallest absolute Gasteiger partial charge is 0.166 e. The molecule has 1 aromatic carbocycles. The van der Waals surface area contributed by atoms with E-state index in [0.29, 0.717) is 35.1 Å². The van der Waals surface area contributed by atoms with Crippen LogP contribution in [0.4, 0.5) is 11.6 Å². The van der Waals surface area contributed by atoms with Crippen LogP contribution in [0.2, 0.25) is 5.02 Å². The summed E-state index contributed by atoms with van der Waals surface area (Å²) in [7, 11) is 0. The molecule has 3 heterocycles. The second-order valence-electron chi connectivity index (χ2n) is 8.05. The van der Waals surface area contributed by atoms with E-state index in [1.54, 1.807) is 18.5 Å². The molecule has 3 aromatic rings. The van der Waals surface area contributed by atoms with Crippen molar-refractivity contribution in [2.45, 2.75) is 32.1 Å². The first-order valence-electron chi connectivity index (χ1n) is 10.9. The number of carbonyl (C=O) groups is 1. The first-order valence-corrected chi connectivity index (χ1v) is 11.3. The van der Waals surface area contributed by atoms with E-state index in [9.17, 15) is 4.79 Å². The van der Waals surface area contributed by atoms with E-state index in [2.05, 4.69) is 26.3 Å². The summed E-state index contributed by atoms with van der Waals surface area (Å²) >= 11 is 6.15. The molecular weight excluding hydrogens is 410 g/mol. The number of Topliss-reactive ketones (excluding diaryl/α,β-unsaturated/α-hetero) is 1. The van der Waals surface area contributed by atoms with Gasteiger partial charge in [-0.3, -0.25) is 4.79 Å². The number of aromatic nitrogens is 2. The summed E-state index contributed by atoms with van der Waals surface area (Å²) in [5.41, 5.74) is 7.57. The fourth-order valence-corrected chi connectivity index (χ4v) is 4.26. The molecule has 0 bridgehead atoms. The number of pyridine rings is 2.